The zero-order valence-electron chi connectivity index (χ0n) is 11.3. The summed E-state index contributed by atoms with van der Waals surface area (Å²) in [5.41, 5.74) is 5.42. The third kappa shape index (κ3) is 3.87. The molecule has 0 atom stereocenters. The molecule has 8 heteroatoms. The smallest absolute Gasteiger partial charge is 0.240 e. The number of H-pyrrole nitrogens is 1. The van der Waals surface area contributed by atoms with Gasteiger partial charge in [-0.2, -0.15) is 0 Å². The topological polar surface area (TPSA) is 101 Å². The minimum absolute atomic E-state index is 0.00367. The van der Waals surface area contributed by atoms with Gasteiger partial charge in [0.2, 0.25) is 10.0 Å². The van der Waals surface area contributed by atoms with Crippen molar-refractivity contribution in [2.24, 2.45) is 5.73 Å². The van der Waals surface area contributed by atoms with Crippen molar-refractivity contribution in [1.29, 1.82) is 0 Å². The van der Waals surface area contributed by atoms with Gasteiger partial charge in [0.15, 0.2) is 0 Å². The van der Waals surface area contributed by atoms with Gasteiger partial charge in [-0.05, 0) is 18.6 Å². The highest BCUT2D eigenvalue weighted by atomic mass is 32.2. The third-order valence-corrected chi connectivity index (χ3v) is 4.55. The van der Waals surface area contributed by atoms with Gasteiger partial charge in [-0.3, -0.25) is 0 Å². The number of nitrogens with one attached hydrogen (secondary N) is 2. The van der Waals surface area contributed by atoms with Gasteiger partial charge in [-0.1, -0.05) is 6.07 Å². The molecule has 0 spiro atoms. The number of benzene rings is 1. The van der Waals surface area contributed by atoms with Crippen LogP contribution in [0.1, 0.15) is 17.8 Å². The molecule has 6 nitrogen and oxygen atoms in total. The Morgan fingerprint density at radius 3 is 2.86 bits per heavy atom. The second-order valence-corrected chi connectivity index (χ2v) is 6.19. The molecule has 0 saturated carbocycles. The SMILES string of the molecule is NCc1c(F)cccc1S(=O)(=O)NCCCc1ncc[nH]1. The average molecular weight is 312 g/mol. The number of rotatable bonds is 7. The summed E-state index contributed by atoms with van der Waals surface area (Å²) in [5, 5.41) is 0. The number of nitrogens with zero attached hydrogens (tertiary/aromatic N) is 1. The van der Waals surface area contributed by atoms with E-state index >= 15 is 0 Å². The average Bonchev–Trinajstić information content (AvgIpc) is 2.96. The number of imidazole rings is 1. The number of halogens is 1. The Hall–Kier alpha value is -1.77. The Balaban J connectivity index is 2.00. The fraction of sp³-hybridized carbons (Fsp3) is 0.308. The van der Waals surface area contributed by atoms with Gasteiger partial charge < -0.3 is 10.7 Å². The summed E-state index contributed by atoms with van der Waals surface area (Å²) >= 11 is 0. The van der Waals surface area contributed by atoms with Gasteiger partial charge in [0.05, 0.1) is 4.90 Å². The van der Waals surface area contributed by atoms with E-state index in [-0.39, 0.29) is 23.5 Å². The molecule has 0 saturated heterocycles. The number of aromatic nitrogens is 2. The van der Waals surface area contributed by atoms with Crippen LogP contribution >= 0.6 is 0 Å². The molecule has 21 heavy (non-hydrogen) atoms. The van der Waals surface area contributed by atoms with Crippen molar-refractivity contribution < 1.29 is 12.8 Å². The number of aromatic amines is 1. The standard InChI is InChI=1S/C13H17FN4O2S/c14-11-3-1-4-12(10(11)9-15)21(19,20)18-6-2-5-13-16-7-8-17-13/h1,3-4,7-8,18H,2,5-6,9,15H2,(H,16,17). The summed E-state index contributed by atoms with van der Waals surface area (Å²) in [6.45, 7) is 0.0683. The molecular weight excluding hydrogens is 295 g/mol. The van der Waals surface area contributed by atoms with Gasteiger partial charge in [-0.15, -0.1) is 0 Å². The predicted molar refractivity (Wildman–Crippen MR) is 76.4 cm³/mol. The zero-order valence-corrected chi connectivity index (χ0v) is 12.2. The molecule has 0 aliphatic rings. The Morgan fingerprint density at radius 1 is 1.38 bits per heavy atom. The molecule has 114 valence electrons. The Labute approximate surface area is 122 Å². The second-order valence-electron chi connectivity index (χ2n) is 4.46. The van der Waals surface area contributed by atoms with Gasteiger partial charge in [0.1, 0.15) is 11.6 Å². The molecule has 2 rings (SSSR count). The minimum atomic E-state index is -3.77. The Bertz CT molecular complexity index is 686. The predicted octanol–water partition coefficient (Wildman–Crippen LogP) is 0.919. The van der Waals surface area contributed by atoms with Gasteiger partial charge in [0.25, 0.3) is 0 Å². The molecule has 0 aliphatic carbocycles. The molecule has 1 aromatic heterocycles. The van der Waals surface area contributed by atoms with Crippen LogP contribution in [0, 0.1) is 5.82 Å². The van der Waals surface area contributed by atoms with Crippen molar-refractivity contribution in [2.45, 2.75) is 24.3 Å². The molecule has 1 heterocycles. The molecule has 0 aliphatic heterocycles. The summed E-state index contributed by atoms with van der Waals surface area (Å²) < 4.78 is 40.4. The number of sulfonamides is 1. The van der Waals surface area contributed by atoms with E-state index in [1.165, 1.54) is 18.2 Å². The molecule has 4 N–H and O–H groups in total. The first-order chi connectivity index (χ1) is 10.0. The van der Waals surface area contributed by atoms with Crippen molar-refractivity contribution in [1.82, 2.24) is 14.7 Å². The van der Waals surface area contributed by atoms with Gasteiger partial charge in [-0.25, -0.2) is 22.5 Å². The monoisotopic (exact) mass is 312 g/mol. The van der Waals surface area contributed by atoms with Crippen LogP contribution in [0.4, 0.5) is 4.39 Å². The lowest BCUT2D eigenvalue weighted by Gasteiger charge is -2.10. The van der Waals surface area contributed by atoms with Crippen LogP contribution in [0.25, 0.3) is 0 Å². The fourth-order valence-corrected chi connectivity index (χ4v) is 3.30. The largest absolute Gasteiger partial charge is 0.349 e. The number of hydrogen-bond acceptors (Lipinski definition) is 4. The maximum absolute atomic E-state index is 13.6. The fourth-order valence-electron chi connectivity index (χ4n) is 1.96. The molecule has 1 aromatic carbocycles. The third-order valence-electron chi connectivity index (χ3n) is 3.01. The van der Waals surface area contributed by atoms with Gasteiger partial charge in [0, 0.05) is 37.5 Å². The second kappa shape index (κ2) is 6.79. The lowest BCUT2D eigenvalue weighted by atomic mass is 10.2. The van der Waals surface area contributed by atoms with E-state index in [0.717, 1.165) is 5.82 Å². The summed E-state index contributed by atoms with van der Waals surface area (Å²) in [4.78, 5) is 6.88. The number of nitrogens with two attached hydrogens (primary N) is 1. The molecule has 0 radical (unpaired) electrons. The van der Waals surface area contributed by atoms with E-state index in [1.54, 1.807) is 12.4 Å². The quantitative estimate of drug-likeness (QED) is 0.662. The van der Waals surface area contributed by atoms with Gasteiger partial charge >= 0.3 is 0 Å². The normalized spacial score (nSPS) is 11.7. The van der Waals surface area contributed by atoms with Crippen molar-refractivity contribution in [3.63, 3.8) is 0 Å². The first kappa shape index (κ1) is 15.6. The van der Waals surface area contributed by atoms with Crippen LogP contribution in [-0.2, 0) is 23.0 Å². The van der Waals surface area contributed by atoms with Crippen LogP contribution in [0.5, 0.6) is 0 Å². The summed E-state index contributed by atoms with van der Waals surface area (Å²) in [6, 6.07) is 3.89. The van der Waals surface area contributed by atoms with Crippen LogP contribution in [0.15, 0.2) is 35.5 Å². The maximum Gasteiger partial charge on any atom is 0.240 e. The number of aryl methyl sites for hydroxylation is 1. The van der Waals surface area contributed by atoms with Crippen molar-refractivity contribution >= 4 is 10.0 Å². The highest BCUT2D eigenvalue weighted by Gasteiger charge is 2.19. The molecule has 0 fully saturated rings. The summed E-state index contributed by atoms with van der Waals surface area (Å²) in [6.07, 6.45) is 4.56. The van der Waals surface area contributed by atoms with E-state index in [2.05, 4.69) is 14.7 Å². The van der Waals surface area contributed by atoms with Crippen molar-refractivity contribution in [3.05, 3.63) is 47.8 Å². The highest BCUT2D eigenvalue weighted by Crippen LogP contribution is 2.18. The zero-order chi connectivity index (χ0) is 15.3. The van der Waals surface area contributed by atoms with E-state index in [9.17, 15) is 12.8 Å². The Morgan fingerprint density at radius 2 is 2.19 bits per heavy atom. The van der Waals surface area contributed by atoms with Crippen molar-refractivity contribution in [2.75, 3.05) is 6.54 Å². The molecule has 2 aromatic rings. The molecule has 0 amide bonds. The van der Waals surface area contributed by atoms with Crippen LogP contribution in [0.3, 0.4) is 0 Å². The van der Waals surface area contributed by atoms with E-state index < -0.39 is 15.8 Å². The Kier molecular flexibility index (Phi) is 5.05. The summed E-state index contributed by atoms with van der Waals surface area (Å²) in [7, 11) is -3.77. The highest BCUT2D eigenvalue weighted by molar-refractivity contribution is 7.89. The van der Waals surface area contributed by atoms with Crippen LogP contribution in [-0.4, -0.2) is 24.9 Å². The van der Waals surface area contributed by atoms with E-state index in [1.807, 2.05) is 0 Å². The lowest BCUT2D eigenvalue weighted by molar-refractivity contribution is 0.569. The minimum Gasteiger partial charge on any atom is -0.349 e. The number of hydrogen-bond donors (Lipinski definition) is 3. The van der Waals surface area contributed by atoms with Crippen LogP contribution in [0.2, 0.25) is 0 Å². The van der Waals surface area contributed by atoms with E-state index in [4.69, 9.17) is 5.73 Å². The summed E-state index contributed by atoms with van der Waals surface area (Å²) in [5.74, 6) is 0.179. The molecule has 0 bridgehead atoms. The van der Waals surface area contributed by atoms with E-state index in [0.29, 0.717) is 12.8 Å². The maximum atomic E-state index is 13.6. The lowest BCUT2D eigenvalue weighted by Crippen LogP contribution is -2.27. The first-order valence-corrected chi connectivity index (χ1v) is 7.98. The first-order valence-electron chi connectivity index (χ1n) is 6.50. The molecular formula is C13H17FN4O2S. The van der Waals surface area contributed by atoms with Crippen molar-refractivity contribution in [3.8, 4) is 0 Å². The van der Waals surface area contributed by atoms with Crippen LogP contribution < -0.4 is 10.5 Å². The molecule has 0 unspecified atom stereocenters.